The van der Waals surface area contributed by atoms with Crippen molar-refractivity contribution in [1.29, 1.82) is 0 Å². The zero-order valence-electron chi connectivity index (χ0n) is 14.3. The Labute approximate surface area is 160 Å². The smallest absolute Gasteiger partial charge is 0.255 e. The van der Waals surface area contributed by atoms with Crippen molar-refractivity contribution < 1.29 is 19.8 Å². The highest BCUT2D eigenvalue weighted by Gasteiger charge is 2.38. The first kappa shape index (κ1) is 19.2. The fraction of sp³-hybridized carbons (Fsp3) is 0.500. The minimum atomic E-state index is -1.72. The van der Waals surface area contributed by atoms with Crippen LogP contribution >= 0.6 is 22.7 Å². The van der Waals surface area contributed by atoms with Gasteiger partial charge in [0.15, 0.2) is 11.9 Å². The molecule has 3 rings (SSSR count). The molecule has 3 heterocycles. The Balaban J connectivity index is 1.54. The molecule has 26 heavy (non-hydrogen) atoms. The number of rotatable bonds is 8. The van der Waals surface area contributed by atoms with E-state index >= 15 is 0 Å². The van der Waals surface area contributed by atoms with Gasteiger partial charge in [0.1, 0.15) is 11.1 Å². The molecule has 1 fully saturated rings. The highest BCUT2D eigenvalue weighted by Crippen LogP contribution is 2.33. The van der Waals surface area contributed by atoms with Gasteiger partial charge in [0.2, 0.25) is 0 Å². The predicted octanol–water partition coefficient (Wildman–Crippen LogP) is 2.18. The van der Waals surface area contributed by atoms with Gasteiger partial charge in [-0.3, -0.25) is 9.59 Å². The maximum absolute atomic E-state index is 12.6. The summed E-state index contributed by atoms with van der Waals surface area (Å²) in [5.74, 6) is -1.09. The SMILES string of the molecule is O=C(CCCc1cccs1)[C@H](O)[C@@H](O)C(=O)N1CCCC1c1nccs1. The molecule has 0 saturated carbocycles. The molecule has 1 amide bonds. The Hall–Kier alpha value is -1.61. The summed E-state index contributed by atoms with van der Waals surface area (Å²) in [5.41, 5.74) is 0. The van der Waals surface area contributed by atoms with Gasteiger partial charge in [0, 0.05) is 29.4 Å². The third kappa shape index (κ3) is 4.37. The van der Waals surface area contributed by atoms with E-state index in [0.717, 1.165) is 24.3 Å². The highest BCUT2D eigenvalue weighted by atomic mass is 32.1. The largest absolute Gasteiger partial charge is 0.382 e. The van der Waals surface area contributed by atoms with Crippen molar-refractivity contribution in [3.63, 3.8) is 0 Å². The van der Waals surface area contributed by atoms with E-state index in [9.17, 15) is 19.8 Å². The fourth-order valence-corrected chi connectivity index (χ4v) is 4.74. The summed E-state index contributed by atoms with van der Waals surface area (Å²) < 4.78 is 0. The lowest BCUT2D eigenvalue weighted by Crippen LogP contribution is -2.47. The molecule has 3 atom stereocenters. The molecule has 1 aliphatic heterocycles. The van der Waals surface area contributed by atoms with Crippen molar-refractivity contribution in [2.45, 2.75) is 50.4 Å². The van der Waals surface area contributed by atoms with Crippen LogP contribution in [0.15, 0.2) is 29.1 Å². The predicted molar refractivity (Wildman–Crippen MR) is 100 cm³/mol. The number of aromatic nitrogens is 1. The van der Waals surface area contributed by atoms with E-state index in [1.54, 1.807) is 17.5 Å². The molecular formula is C18H22N2O4S2. The molecule has 6 nitrogen and oxygen atoms in total. The molecule has 1 unspecified atom stereocenters. The number of carbonyl (C=O) groups is 2. The molecule has 1 aliphatic rings. The number of aryl methyl sites for hydroxylation is 1. The summed E-state index contributed by atoms with van der Waals surface area (Å²) >= 11 is 3.08. The fourth-order valence-electron chi connectivity index (χ4n) is 3.21. The van der Waals surface area contributed by atoms with Crippen LogP contribution in [-0.2, 0) is 16.0 Å². The normalized spacial score (nSPS) is 19.5. The van der Waals surface area contributed by atoms with Gasteiger partial charge in [-0.2, -0.15) is 0 Å². The van der Waals surface area contributed by atoms with E-state index in [0.29, 0.717) is 13.0 Å². The zero-order valence-corrected chi connectivity index (χ0v) is 15.9. The van der Waals surface area contributed by atoms with Crippen LogP contribution in [0.2, 0.25) is 0 Å². The second kappa shape index (κ2) is 8.85. The van der Waals surface area contributed by atoms with Crippen molar-refractivity contribution in [2.24, 2.45) is 0 Å². The second-order valence-corrected chi connectivity index (χ2v) is 8.31. The lowest BCUT2D eigenvalue weighted by Gasteiger charge is -2.27. The number of thiophene rings is 1. The van der Waals surface area contributed by atoms with Crippen molar-refractivity contribution in [1.82, 2.24) is 9.88 Å². The lowest BCUT2D eigenvalue weighted by molar-refractivity contribution is -0.153. The molecule has 1 saturated heterocycles. The van der Waals surface area contributed by atoms with E-state index < -0.39 is 23.9 Å². The number of hydrogen-bond donors (Lipinski definition) is 2. The van der Waals surface area contributed by atoms with Gasteiger partial charge in [-0.25, -0.2) is 4.98 Å². The average molecular weight is 395 g/mol. The number of nitrogens with zero attached hydrogens (tertiary/aromatic N) is 2. The number of aliphatic hydroxyl groups excluding tert-OH is 2. The standard InChI is InChI=1S/C18H22N2O4S2/c21-14(7-1-4-12-5-3-10-25-12)15(22)16(23)18(24)20-9-2-6-13(20)17-19-8-11-26-17/h3,5,8,10-11,13,15-16,22-23H,1-2,4,6-7,9H2/t13?,15-,16+/m0/s1. The molecule has 0 aliphatic carbocycles. The Morgan fingerprint density at radius 1 is 1.27 bits per heavy atom. The van der Waals surface area contributed by atoms with E-state index in [4.69, 9.17) is 0 Å². The van der Waals surface area contributed by atoms with Crippen molar-refractivity contribution in [2.75, 3.05) is 6.54 Å². The number of thiazole rings is 1. The van der Waals surface area contributed by atoms with Crippen LogP contribution in [-0.4, -0.2) is 50.5 Å². The molecular weight excluding hydrogens is 372 g/mol. The summed E-state index contributed by atoms with van der Waals surface area (Å²) in [4.78, 5) is 31.7. The minimum Gasteiger partial charge on any atom is -0.382 e. The molecule has 2 aromatic rings. The van der Waals surface area contributed by atoms with E-state index in [1.165, 1.54) is 21.1 Å². The third-order valence-electron chi connectivity index (χ3n) is 4.58. The summed E-state index contributed by atoms with van der Waals surface area (Å²) in [6, 6.07) is 3.77. The molecule has 0 aromatic carbocycles. The molecule has 2 aromatic heterocycles. The van der Waals surface area contributed by atoms with Crippen LogP contribution in [0.4, 0.5) is 0 Å². The summed E-state index contributed by atoms with van der Waals surface area (Å²) in [7, 11) is 0. The number of Topliss-reactive ketones (excluding diaryl/α,β-unsaturated/α-hetero) is 1. The van der Waals surface area contributed by atoms with E-state index in [1.807, 2.05) is 22.9 Å². The van der Waals surface area contributed by atoms with Crippen molar-refractivity contribution in [3.05, 3.63) is 39.0 Å². The number of hydrogen-bond acceptors (Lipinski definition) is 7. The Morgan fingerprint density at radius 2 is 2.12 bits per heavy atom. The van der Waals surface area contributed by atoms with Crippen LogP contribution in [0.1, 0.15) is 41.6 Å². The van der Waals surface area contributed by atoms with Crippen LogP contribution in [0.25, 0.3) is 0 Å². The van der Waals surface area contributed by atoms with Gasteiger partial charge in [-0.1, -0.05) is 6.07 Å². The monoisotopic (exact) mass is 394 g/mol. The Morgan fingerprint density at radius 3 is 2.81 bits per heavy atom. The third-order valence-corrected chi connectivity index (χ3v) is 6.39. The topological polar surface area (TPSA) is 90.7 Å². The first-order chi connectivity index (χ1) is 12.6. The Kier molecular flexibility index (Phi) is 6.53. The number of carbonyl (C=O) groups excluding carboxylic acids is 2. The maximum Gasteiger partial charge on any atom is 0.255 e. The van der Waals surface area contributed by atoms with E-state index in [-0.39, 0.29) is 12.5 Å². The van der Waals surface area contributed by atoms with Crippen LogP contribution in [0.5, 0.6) is 0 Å². The number of likely N-dealkylation sites (tertiary alicyclic amines) is 1. The molecule has 0 radical (unpaired) electrons. The van der Waals surface area contributed by atoms with Gasteiger partial charge in [0.25, 0.3) is 5.91 Å². The van der Waals surface area contributed by atoms with Crippen LogP contribution in [0, 0.1) is 0 Å². The van der Waals surface area contributed by atoms with Crippen LogP contribution in [0.3, 0.4) is 0 Å². The number of aliphatic hydroxyl groups is 2. The number of amides is 1. The average Bonchev–Trinajstić information content (AvgIpc) is 3.40. The maximum atomic E-state index is 12.6. The molecule has 2 N–H and O–H groups in total. The molecule has 140 valence electrons. The van der Waals surface area contributed by atoms with Gasteiger partial charge >= 0.3 is 0 Å². The van der Waals surface area contributed by atoms with Gasteiger partial charge in [-0.15, -0.1) is 22.7 Å². The first-order valence-electron chi connectivity index (χ1n) is 8.69. The van der Waals surface area contributed by atoms with Crippen molar-refractivity contribution >= 4 is 34.4 Å². The molecule has 8 heteroatoms. The van der Waals surface area contributed by atoms with Gasteiger partial charge < -0.3 is 15.1 Å². The summed E-state index contributed by atoms with van der Waals surface area (Å²) in [6.45, 7) is 0.499. The lowest BCUT2D eigenvalue weighted by atomic mass is 10.0. The number of ketones is 1. The zero-order chi connectivity index (χ0) is 18.5. The quantitative estimate of drug-likeness (QED) is 0.716. The molecule has 0 bridgehead atoms. The Bertz CT molecular complexity index is 718. The minimum absolute atomic E-state index is 0.138. The first-order valence-corrected chi connectivity index (χ1v) is 10.4. The summed E-state index contributed by atoms with van der Waals surface area (Å²) in [5, 5.41) is 25.0. The van der Waals surface area contributed by atoms with Gasteiger partial charge in [0.05, 0.1) is 6.04 Å². The van der Waals surface area contributed by atoms with E-state index in [2.05, 4.69) is 4.98 Å². The summed E-state index contributed by atoms with van der Waals surface area (Å²) in [6.07, 6.45) is 1.35. The second-order valence-electron chi connectivity index (χ2n) is 6.35. The van der Waals surface area contributed by atoms with Crippen molar-refractivity contribution in [3.8, 4) is 0 Å². The highest BCUT2D eigenvalue weighted by molar-refractivity contribution is 7.10. The van der Waals surface area contributed by atoms with Crippen LogP contribution < -0.4 is 0 Å². The van der Waals surface area contributed by atoms with Gasteiger partial charge in [-0.05, 0) is 37.1 Å². The molecule has 0 spiro atoms.